The standard InChI is InChI=1S/C16H19N5O2/c1-12-4-6-13(7-5-12)10-17-15-14(21(22)23)16(19-11-18-15)20-8-2-3-9-20/h4-7,11H,2-3,8-10H2,1H3,(H,17,18,19). The largest absolute Gasteiger partial charge is 0.360 e. The van der Waals surface area contributed by atoms with Gasteiger partial charge >= 0.3 is 5.69 Å². The van der Waals surface area contributed by atoms with Crippen molar-refractivity contribution in [1.82, 2.24) is 9.97 Å². The summed E-state index contributed by atoms with van der Waals surface area (Å²) in [4.78, 5) is 21.3. The van der Waals surface area contributed by atoms with E-state index >= 15 is 0 Å². The molecule has 120 valence electrons. The van der Waals surface area contributed by atoms with Crippen molar-refractivity contribution >= 4 is 17.3 Å². The maximum Gasteiger partial charge on any atom is 0.353 e. The molecule has 7 nitrogen and oxygen atoms in total. The molecule has 3 rings (SSSR count). The molecule has 0 unspecified atom stereocenters. The third-order valence-electron chi connectivity index (χ3n) is 3.97. The minimum Gasteiger partial charge on any atom is -0.360 e. The van der Waals surface area contributed by atoms with Crippen LogP contribution in [0.1, 0.15) is 24.0 Å². The van der Waals surface area contributed by atoms with E-state index in [0.29, 0.717) is 12.4 Å². The van der Waals surface area contributed by atoms with Gasteiger partial charge in [0.25, 0.3) is 0 Å². The van der Waals surface area contributed by atoms with E-state index in [1.807, 2.05) is 36.1 Å². The van der Waals surface area contributed by atoms with Gasteiger partial charge in [0.1, 0.15) is 6.33 Å². The van der Waals surface area contributed by atoms with Crippen molar-refractivity contribution in [3.05, 3.63) is 51.8 Å². The van der Waals surface area contributed by atoms with Gasteiger partial charge in [0, 0.05) is 19.6 Å². The molecule has 2 heterocycles. The fourth-order valence-corrected chi connectivity index (χ4v) is 2.72. The summed E-state index contributed by atoms with van der Waals surface area (Å²) >= 11 is 0. The average Bonchev–Trinajstić information content (AvgIpc) is 3.08. The number of aromatic nitrogens is 2. The summed E-state index contributed by atoms with van der Waals surface area (Å²) in [7, 11) is 0. The summed E-state index contributed by atoms with van der Waals surface area (Å²) in [6, 6.07) is 8.02. The first-order valence-corrected chi connectivity index (χ1v) is 7.69. The van der Waals surface area contributed by atoms with E-state index in [-0.39, 0.29) is 11.5 Å². The number of nitro groups is 1. The van der Waals surface area contributed by atoms with Gasteiger partial charge in [0.05, 0.1) is 4.92 Å². The Bertz CT molecular complexity index is 696. The first-order chi connectivity index (χ1) is 11.1. The lowest BCUT2D eigenvalue weighted by atomic mass is 10.1. The predicted molar refractivity (Wildman–Crippen MR) is 88.6 cm³/mol. The molecule has 1 aromatic carbocycles. The molecule has 0 radical (unpaired) electrons. The molecule has 0 bridgehead atoms. The Morgan fingerprint density at radius 3 is 2.57 bits per heavy atom. The van der Waals surface area contributed by atoms with E-state index in [0.717, 1.165) is 31.5 Å². The quantitative estimate of drug-likeness (QED) is 0.675. The minimum absolute atomic E-state index is 0.0403. The van der Waals surface area contributed by atoms with Crippen LogP contribution >= 0.6 is 0 Å². The number of nitrogens with zero attached hydrogens (tertiary/aromatic N) is 4. The highest BCUT2D eigenvalue weighted by Gasteiger charge is 2.28. The Morgan fingerprint density at radius 1 is 1.22 bits per heavy atom. The van der Waals surface area contributed by atoms with Crippen molar-refractivity contribution in [2.24, 2.45) is 0 Å². The lowest BCUT2D eigenvalue weighted by Gasteiger charge is -2.17. The Hall–Kier alpha value is -2.70. The fraction of sp³-hybridized carbons (Fsp3) is 0.375. The van der Waals surface area contributed by atoms with Crippen molar-refractivity contribution in [3.63, 3.8) is 0 Å². The minimum atomic E-state index is -0.398. The van der Waals surface area contributed by atoms with Crippen LogP contribution in [-0.4, -0.2) is 28.0 Å². The zero-order chi connectivity index (χ0) is 16.2. The molecule has 1 aliphatic rings. The summed E-state index contributed by atoms with van der Waals surface area (Å²) in [5.74, 6) is 0.682. The fourth-order valence-electron chi connectivity index (χ4n) is 2.72. The van der Waals surface area contributed by atoms with Crippen molar-refractivity contribution in [2.75, 3.05) is 23.3 Å². The second-order valence-corrected chi connectivity index (χ2v) is 5.68. The van der Waals surface area contributed by atoms with Crippen LogP contribution in [0.4, 0.5) is 17.3 Å². The predicted octanol–water partition coefficient (Wildman–Crippen LogP) is 2.91. The van der Waals surface area contributed by atoms with Gasteiger partial charge in [-0.3, -0.25) is 10.1 Å². The van der Waals surface area contributed by atoms with Gasteiger partial charge in [-0.2, -0.15) is 0 Å². The second-order valence-electron chi connectivity index (χ2n) is 5.68. The zero-order valence-corrected chi connectivity index (χ0v) is 13.0. The van der Waals surface area contributed by atoms with Crippen molar-refractivity contribution in [1.29, 1.82) is 0 Å². The van der Waals surface area contributed by atoms with Crippen LogP contribution in [0.2, 0.25) is 0 Å². The molecule has 1 saturated heterocycles. The summed E-state index contributed by atoms with van der Waals surface area (Å²) in [5.41, 5.74) is 2.19. The molecular weight excluding hydrogens is 294 g/mol. The lowest BCUT2D eigenvalue weighted by Crippen LogP contribution is -2.21. The third kappa shape index (κ3) is 3.39. The van der Waals surface area contributed by atoms with E-state index < -0.39 is 4.92 Å². The summed E-state index contributed by atoms with van der Waals surface area (Å²) in [5, 5.41) is 14.6. The lowest BCUT2D eigenvalue weighted by molar-refractivity contribution is -0.383. The van der Waals surface area contributed by atoms with Crippen LogP contribution in [0.5, 0.6) is 0 Å². The van der Waals surface area contributed by atoms with Crippen LogP contribution < -0.4 is 10.2 Å². The van der Waals surface area contributed by atoms with Crippen LogP contribution in [-0.2, 0) is 6.54 Å². The molecule has 1 aromatic heterocycles. The molecule has 2 aromatic rings. The highest BCUT2D eigenvalue weighted by Crippen LogP contribution is 2.33. The number of anilines is 2. The normalized spacial score (nSPS) is 14.0. The van der Waals surface area contributed by atoms with E-state index in [1.165, 1.54) is 11.9 Å². The number of hydrogen-bond donors (Lipinski definition) is 1. The first-order valence-electron chi connectivity index (χ1n) is 7.69. The van der Waals surface area contributed by atoms with Gasteiger partial charge in [-0.1, -0.05) is 29.8 Å². The van der Waals surface area contributed by atoms with Crippen LogP contribution in [0.25, 0.3) is 0 Å². The third-order valence-corrected chi connectivity index (χ3v) is 3.97. The molecule has 1 fully saturated rings. The SMILES string of the molecule is Cc1ccc(CNc2ncnc(N3CCCC3)c2[N+](=O)[O-])cc1. The van der Waals surface area contributed by atoms with Gasteiger partial charge < -0.3 is 10.2 Å². The molecule has 23 heavy (non-hydrogen) atoms. The molecule has 0 amide bonds. The van der Waals surface area contributed by atoms with Gasteiger partial charge in [-0.25, -0.2) is 9.97 Å². The van der Waals surface area contributed by atoms with Crippen LogP contribution in [0.3, 0.4) is 0 Å². The van der Waals surface area contributed by atoms with Crippen LogP contribution in [0, 0.1) is 17.0 Å². The van der Waals surface area contributed by atoms with E-state index in [1.54, 1.807) is 0 Å². The van der Waals surface area contributed by atoms with E-state index in [4.69, 9.17) is 0 Å². The van der Waals surface area contributed by atoms with E-state index in [2.05, 4.69) is 15.3 Å². The molecule has 1 N–H and O–H groups in total. The second kappa shape index (κ2) is 6.60. The Morgan fingerprint density at radius 2 is 1.91 bits per heavy atom. The molecule has 0 atom stereocenters. The van der Waals surface area contributed by atoms with Gasteiger partial charge in [0.2, 0.25) is 11.6 Å². The van der Waals surface area contributed by atoms with E-state index in [9.17, 15) is 10.1 Å². The number of benzene rings is 1. The topological polar surface area (TPSA) is 84.2 Å². The molecule has 0 spiro atoms. The monoisotopic (exact) mass is 313 g/mol. The number of rotatable bonds is 5. The summed E-state index contributed by atoms with van der Waals surface area (Å²) < 4.78 is 0. The Labute approximate surface area is 134 Å². The molecule has 0 aliphatic carbocycles. The Balaban J connectivity index is 1.84. The zero-order valence-electron chi connectivity index (χ0n) is 13.0. The van der Waals surface area contributed by atoms with Crippen molar-refractivity contribution in [3.8, 4) is 0 Å². The van der Waals surface area contributed by atoms with Crippen molar-refractivity contribution in [2.45, 2.75) is 26.3 Å². The Kier molecular flexibility index (Phi) is 4.36. The number of hydrogen-bond acceptors (Lipinski definition) is 6. The van der Waals surface area contributed by atoms with Crippen molar-refractivity contribution < 1.29 is 4.92 Å². The molecule has 1 aliphatic heterocycles. The molecule has 7 heteroatoms. The van der Waals surface area contributed by atoms with Gasteiger partial charge in [-0.15, -0.1) is 0 Å². The van der Waals surface area contributed by atoms with Gasteiger partial charge in [0.15, 0.2) is 0 Å². The molecule has 0 saturated carbocycles. The highest BCUT2D eigenvalue weighted by molar-refractivity contribution is 5.70. The summed E-state index contributed by atoms with van der Waals surface area (Å²) in [6.45, 7) is 4.11. The van der Waals surface area contributed by atoms with Gasteiger partial charge in [-0.05, 0) is 25.3 Å². The maximum absolute atomic E-state index is 11.5. The highest BCUT2D eigenvalue weighted by atomic mass is 16.6. The summed E-state index contributed by atoms with van der Waals surface area (Å²) in [6.07, 6.45) is 3.46. The van der Waals surface area contributed by atoms with Crippen LogP contribution in [0.15, 0.2) is 30.6 Å². The number of aryl methyl sites for hydroxylation is 1. The number of nitrogens with one attached hydrogen (secondary N) is 1. The maximum atomic E-state index is 11.5. The smallest absolute Gasteiger partial charge is 0.353 e. The first kappa shape index (κ1) is 15.2. The average molecular weight is 313 g/mol. The molecular formula is C16H19N5O2.